The van der Waals surface area contributed by atoms with Crippen molar-refractivity contribution in [2.75, 3.05) is 46.9 Å². The lowest BCUT2D eigenvalue weighted by atomic mass is 10.1. The maximum absolute atomic E-state index is 13.0. The highest BCUT2D eigenvalue weighted by Gasteiger charge is 2.31. The van der Waals surface area contributed by atoms with E-state index in [4.69, 9.17) is 9.47 Å². The van der Waals surface area contributed by atoms with Gasteiger partial charge in [-0.1, -0.05) is 0 Å². The van der Waals surface area contributed by atoms with Crippen molar-refractivity contribution in [3.63, 3.8) is 0 Å². The number of rotatable bonds is 6. The van der Waals surface area contributed by atoms with Gasteiger partial charge in [0.25, 0.3) is 5.91 Å². The second-order valence-electron chi connectivity index (χ2n) is 6.79. The Bertz CT molecular complexity index is 588. The number of phenolic OH excluding ortho intramolecular Hbond substituents is 1. The Kier molecular flexibility index (Phi) is 5.26. The summed E-state index contributed by atoms with van der Waals surface area (Å²) in [5, 5.41) is 10.1. The molecule has 0 aromatic heterocycles. The monoisotopic (exact) mass is 334 g/mol. The molecule has 1 unspecified atom stereocenters. The summed E-state index contributed by atoms with van der Waals surface area (Å²) >= 11 is 0. The molecule has 1 amide bonds. The molecule has 2 aliphatic rings. The second-order valence-corrected chi connectivity index (χ2v) is 6.79. The van der Waals surface area contributed by atoms with Gasteiger partial charge in [-0.2, -0.15) is 0 Å². The van der Waals surface area contributed by atoms with E-state index in [1.807, 2.05) is 4.90 Å². The third kappa shape index (κ3) is 4.19. The molecule has 6 nitrogen and oxygen atoms in total. The molecule has 1 aromatic carbocycles. The predicted molar refractivity (Wildman–Crippen MR) is 90.5 cm³/mol. The van der Waals surface area contributed by atoms with Crippen molar-refractivity contribution in [3.8, 4) is 11.5 Å². The quantitative estimate of drug-likeness (QED) is 0.856. The average molecular weight is 334 g/mol. The third-order valence-electron chi connectivity index (χ3n) is 4.66. The predicted octanol–water partition coefficient (Wildman–Crippen LogP) is 1.58. The van der Waals surface area contributed by atoms with Gasteiger partial charge in [0, 0.05) is 26.2 Å². The first-order valence-electron chi connectivity index (χ1n) is 8.53. The van der Waals surface area contributed by atoms with Crippen LogP contribution in [0.25, 0.3) is 0 Å². The number of nitrogens with zero attached hydrogens (tertiary/aromatic N) is 2. The Morgan fingerprint density at radius 3 is 2.88 bits per heavy atom. The topological polar surface area (TPSA) is 62.2 Å². The molecular formula is C18H26N2O4. The first-order valence-corrected chi connectivity index (χ1v) is 8.53. The van der Waals surface area contributed by atoms with Gasteiger partial charge in [0.15, 0.2) is 0 Å². The van der Waals surface area contributed by atoms with Crippen LogP contribution in [0.15, 0.2) is 18.2 Å². The molecule has 1 saturated heterocycles. The normalized spacial score (nSPS) is 21.5. The summed E-state index contributed by atoms with van der Waals surface area (Å²) < 4.78 is 11.0. The number of carbonyl (C=O) groups excluding carboxylic acids is 1. The maximum atomic E-state index is 13.0. The first-order chi connectivity index (χ1) is 11.6. The molecule has 1 aliphatic heterocycles. The van der Waals surface area contributed by atoms with Gasteiger partial charge < -0.3 is 24.4 Å². The zero-order valence-electron chi connectivity index (χ0n) is 14.4. The molecule has 1 aromatic rings. The Morgan fingerprint density at radius 1 is 1.42 bits per heavy atom. The molecule has 1 atom stereocenters. The van der Waals surface area contributed by atoms with Crippen LogP contribution in [0.1, 0.15) is 23.2 Å². The fraction of sp³-hybridized carbons (Fsp3) is 0.611. The smallest absolute Gasteiger partial charge is 0.257 e. The van der Waals surface area contributed by atoms with E-state index >= 15 is 0 Å². The number of morpholine rings is 1. The van der Waals surface area contributed by atoms with Crippen LogP contribution in [0, 0.1) is 5.92 Å². The number of benzene rings is 1. The zero-order chi connectivity index (χ0) is 17.1. The fourth-order valence-corrected chi connectivity index (χ4v) is 3.06. The van der Waals surface area contributed by atoms with Crippen LogP contribution in [0.2, 0.25) is 0 Å². The number of aromatic hydroxyl groups is 1. The van der Waals surface area contributed by atoms with Gasteiger partial charge in [0.05, 0.1) is 25.4 Å². The van der Waals surface area contributed by atoms with Crippen molar-refractivity contribution in [3.05, 3.63) is 23.8 Å². The van der Waals surface area contributed by atoms with E-state index in [-0.39, 0.29) is 17.8 Å². The van der Waals surface area contributed by atoms with Crippen LogP contribution in [-0.4, -0.2) is 73.9 Å². The Balaban J connectivity index is 1.75. The number of likely N-dealkylation sites (N-methyl/N-ethyl adjacent to an activating group) is 1. The number of hydrogen-bond acceptors (Lipinski definition) is 5. The van der Waals surface area contributed by atoms with E-state index in [9.17, 15) is 9.90 Å². The first kappa shape index (κ1) is 17.0. The van der Waals surface area contributed by atoms with E-state index in [1.54, 1.807) is 19.2 Å². The summed E-state index contributed by atoms with van der Waals surface area (Å²) in [5.41, 5.74) is 0.291. The van der Waals surface area contributed by atoms with Crippen molar-refractivity contribution < 1.29 is 19.4 Å². The lowest BCUT2D eigenvalue weighted by molar-refractivity contribution is -0.0331. The fourth-order valence-electron chi connectivity index (χ4n) is 3.06. The van der Waals surface area contributed by atoms with Crippen molar-refractivity contribution >= 4 is 5.91 Å². The molecule has 6 heteroatoms. The van der Waals surface area contributed by atoms with Gasteiger partial charge in [-0.05, 0) is 44.0 Å². The summed E-state index contributed by atoms with van der Waals surface area (Å²) in [6.45, 7) is 3.70. The van der Waals surface area contributed by atoms with Crippen molar-refractivity contribution in [1.29, 1.82) is 0 Å². The van der Waals surface area contributed by atoms with Crippen molar-refractivity contribution in [1.82, 2.24) is 9.80 Å². The van der Waals surface area contributed by atoms with Crippen LogP contribution in [-0.2, 0) is 4.74 Å². The number of phenols is 1. The molecule has 0 bridgehead atoms. The molecule has 24 heavy (non-hydrogen) atoms. The summed E-state index contributed by atoms with van der Waals surface area (Å²) in [5.74, 6) is 0.970. The summed E-state index contributed by atoms with van der Waals surface area (Å²) in [6, 6.07) is 4.76. The van der Waals surface area contributed by atoms with Crippen LogP contribution < -0.4 is 4.74 Å². The number of ether oxygens (including phenoxy) is 2. The molecule has 0 spiro atoms. The summed E-state index contributed by atoms with van der Waals surface area (Å²) in [6.07, 6.45) is 2.35. The minimum Gasteiger partial charge on any atom is -0.507 e. The van der Waals surface area contributed by atoms with Gasteiger partial charge in [-0.15, -0.1) is 0 Å². The van der Waals surface area contributed by atoms with Crippen LogP contribution >= 0.6 is 0 Å². The molecule has 0 radical (unpaired) electrons. The molecule has 132 valence electrons. The molecule has 1 saturated carbocycles. The average Bonchev–Trinajstić information content (AvgIpc) is 3.38. The molecule has 1 aliphatic carbocycles. The van der Waals surface area contributed by atoms with E-state index < -0.39 is 0 Å². The van der Waals surface area contributed by atoms with Gasteiger partial charge in [-0.3, -0.25) is 4.79 Å². The number of hydrogen-bond donors (Lipinski definition) is 1. The van der Waals surface area contributed by atoms with Crippen molar-refractivity contribution in [2.24, 2.45) is 5.92 Å². The number of carbonyl (C=O) groups is 1. The third-order valence-corrected chi connectivity index (χ3v) is 4.66. The largest absolute Gasteiger partial charge is 0.507 e. The minimum absolute atomic E-state index is 0.0109. The highest BCUT2D eigenvalue weighted by Crippen LogP contribution is 2.31. The summed E-state index contributed by atoms with van der Waals surface area (Å²) in [4.78, 5) is 17.0. The van der Waals surface area contributed by atoms with Crippen LogP contribution in [0.5, 0.6) is 11.5 Å². The molecule has 1 N–H and O–H groups in total. The van der Waals surface area contributed by atoms with Crippen LogP contribution in [0.3, 0.4) is 0 Å². The Morgan fingerprint density at radius 2 is 2.21 bits per heavy atom. The lowest BCUT2D eigenvalue weighted by Crippen LogP contribution is -2.48. The highest BCUT2D eigenvalue weighted by molar-refractivity contribution is 5.97. The second kappa shape index (κ2) is 7.40. The minimum atomic E-state index is -0.157. The highest BCUT2D eigenvalue weighted by atomic mass is 16.5. The van der Waals surface area contributed by atoms with E-state index in [1.165, 1.54) is 18.9 Å². The standard InChI is InChI=1S/C18H26N2O4/c1-19-7-8-24-15(11-19)12-20(10-13-3-4-13)18(22)16-9-14(23-2)5-6-17(16)21/h5-6,9,13,15,21H,3-4,7-8,10-12H2,1-2H3. The van der Waals surface area contributed by atoms with Gasteiger partial charge >= 0.3 is 0 Å². The van der Waals surface area contributed by atoms with Gasteiger partial charge in [0.1, 0.15) is 11.5 Å². The molecule has 2 fully saturated rings. The van der Waals surface area contributed by atoms with E-state index in [2.05, 4.69) is 11.9 Å². The lowest BCUT2D eigenvalue weighted by Gasteiger charge is -2.34. The molecular weight excluding hydrogens is 308 g/mol. The Hall–Kier alpha value is -1.79. The number of methoxy groups -OCH3 is 1. The van der Waals surface area contributed by atoms with Crippen molar-refractivity contribution in [2.45, 2.75) is 18.9 Å². The van der Waals surface area contributed by atoms with E-state index in [0.717, 1.165) is 19.6 Å². The Labute approximate surface area is 143 Å². The molecule has 1 heterocycles. The van der Waals surface area contributed by atoms with Crippen LogP contribution in [0.4, 0.5) is 0 Å². The zero-order valence-corrected chi connectivity index (χ0v) is 14.4. The summed E-state index contributed by atoms with van der Waals surface area (Å²) in [7, 11) is 3.62. The van der Waals surface area contributed by atoms with E-state index in [0.29, 0.717) is 30.4 Å². The van der Waals surface area contributed by atoms with Gasteiger partial charge in [-0.25, -0.2) is 0 Å². The SMILES string of the molecule is COc1ccc(O)c(C(=O)N(CC2CC2)CC2CN(C)CCO2)c1. The maximum Gasteiger partial charge on any atom is 0.257 e. The van der Waals surface area contributed by atoms with Gasteiger partial charge in [0.2, 0.25) is 0 Å². The molecule has 3 rings (SSSR count). The number of amides is 1.